The first kappa shape index (κ1) is 18.6. The highest BCUT2D eigenvalue weighted by atomic mass is 35.5. The number of aromatic amines is 1. The van der Waals surface area contributed by atoms with Gasteiger partial charge in [-0.15, -0.1) is 0 Å². The molecule has 4 heterocycles. The predicted octanol–water partition coefficient (Wildman–Crippen LogP) is 3.27. The molecule has 3 aromatic rings. The predicted molar refractivity (Wildman–Crippen MR) is 117 cm³/mol. The van der Waals surface area contributed by atoms with E-state index in [2.05, 4.69) is 20.5 Å². The second-order valence-corrected chi connectivity index (χ2v) is 7.84. The molecule has 1 fully saturated rings. The molecule has 2 aliphatic rings. The number of nitrogens with zero attached hydrogens (tertiary/aromatic N) is 5. The van der Waals surface area contributed by atoms with Crippen LogP contribution in [0, 0.1) is 6.92 Å². The number of aromatic nitrogens is 3. The number of benzene rings is 1. The molecule has 0 radical (unpaired) electrons. The van der Waals surface area contributed by atoms with Gasteiger partial charge in [0.2, 0.25) is 5.91 Å². The molecule has 2 aromatic heterocycles. The van der Waals surface area contributed by atoms with Gasteiger partial charge >= 0.3 is 0 Å². The lowest BCUT2D eigenvalue weighted by Gasteiger charge is -2.33. The second kappa shape index (κ2) is 7.14. The lowest BCUT2D eigenvalue weighted by molar-refractivity contribution is -0.129. The Kier molecular flexibility index (Phi) is 4.43. The number of fused-ring (bicyclic) bond motifs is 2. The van der Waals surface area contributed by atoms with Crippen LogP contribution in [0.5, 0.6) is 0 Å². The molecule has 1 saturated heterocycles. The first-order valence-corrected chi connectivity index (χ1v) is 10.0. The summed E-state index contributed by atoms with van der Waals surface area (Å²) in [4.78, 5) is 25.4. The SMILES string of the molecule is Cc1[nH]nc2c1N=C(c1ccccc1Cl)c1cnc(N3CCN(C)C(=O)C3)cc1N2. The second-order valence-electron chi connectivity index (χ2n) is 7.44. The van der Waals surface area contributed by atoms with E-state index in [1.165, 1.54) is 0 Å². The van der Waals surface area contributed by atoms with Crippen molar-refractivity contribution in [1.82, 2.24) is 20.1 Å². The molecule has 2 aliphatic heterocycles. The summed E-state index contributed by atoms with van der Waals surface area (Å²) >= 11 is 6.51. The van der Waals surface area contributed by atoms with Gasteiger partial charge in [0.25, 0.3) is 0 Å². The third kappa shape index (κ3) is 3.09. The van der Waals surface area contributed by atoms with E-state index >= 15 is 0 Å². The fraction of sp³-hybridized carbons (Fsp3) is 0.238. The van der Waals surface area contributed by atoms with Gasteiger partial charge in [0.15, 0.2) is 5.82 Å². The number of carbonyl (C=O) groups excluding carboxylic acids is 1. The number of pyridine rings is 1. The van der Waals surface area contributed by atoms with Crippen molar-refractivity contribution in [2.45, 2.75) is 6.92 Å². The van der Waals surface area contributed by atoms with E-state index in [1.807, 2.05) is 49.2 Å². The van der Waals surface area contributed by atoms with E-state index in [0.717, 1.165) is 46.3 Å². The first-order valence-electron chi connectivity index (χ1n) is 9.66. The van der Waals surface area contributed by atoms with Crippen LogP contribution in [-0.4, -0.2) is 58.4 Å². The van der Waals surface area contributed by atoms with E-state index in [-0.39, 0.29) is 5.91 Å². The molecule has 9 heteroatoms. The standard InChI is InChI=1S/C21H20ClN7O/c1-12-19-21(27-26-12)24-16-9-17(29-8-7-28(2)18(30)11-29)23-10-14(16)20(25-19)13-5-3-4-6-15(13)22/h3-6,9-10H,7-8,11H2,1-2H3,(H2,24,26,27). The number of hydrogen-bond donors (Lipinski definition) is 2. The summed E-state index contributed by atoms with van der Waals surface area (Å²) in [6, 6.07) is 9.56. The van der Waals surface area contributed by atoms with Crippen LogP contribution >= 0.6 is 11.6 Å². The van der Waals surface area contributed by atoms with Gasteiger partial charge in [-0.05, 0) is 13.0 Å². The minimum Gasteiger partial charge on any atom is -0.345 e. The highest BCUT2D eigenvalue weighted by Crippen LogP contribution is 2.38. The van der Waals surface area contributed by atoms with Gasteiger partial charge < -0.3 is 15.1 Å². The van der Waals surface area contributed by atoms with Gasteiger partial charge in [0.1, 0.15) is 11.5 Å². The van der Waals surface area contributed by atoms with E-state index in [9.17, 15) is 4.79 Å². The average Bonchev–Trinajstić information content (AvgIpc) is 2.99. The first-order chi connectivity index (χ1) is 14.5. The van der Waals surface area contributed by atoms with Crippen LogP contribution < -0.4 is 10.2 Å². The molecule has 2 N–H and O–H groups in total. The molecule has 0 atom stereocenters. The summed E-state index contributed by atoms with van der Waals surface area (Å²) in [7, 11) is 1.82. The van der Waals surface area contributed by atoms with Crippen LogP contribution in [-0.2, 0) is 4.79 Å². The topological polar surface area (TPSA) is 89.5 Å². The van der Waals surface area contributed by atoms with Crippen LogP contribution in [0.1, 0.15) is 16.8 Å². The fourth-order valence-electron chi connectivity index (χ4n) is 3.67. The number of nitrogens with one attached hydrogen (secondary N) is 2. The van der Waals surface area contributed by atoms with Crippen molar-refractivity contribution in [2.24, 2.45) is 4.99 Å². The summed E-state index contributed by atoms with van der Waals surface area (Å²) in [5.74, 6) is 1.45. The summed E-state index contributed by atoms with van der Waals surface area (Å²) in [6.45, 7) is 3.63. The molecule has 0 spiro atoms. The molecule has 1 aromatic carbocycles. The van der Waals surface area contributed by atoms with Crippen LogP contribution in [0.3, 0.4) is 0 Å². The van der Waals surface area contributed by atoms with E-state index in [0.29, 0.717) is 23.9 Å². The highest BCUT2D eigenvalue weighted by molar-refractivity contribution is 6.36. The lowest BCUT2D eigenvalue weighted by atomic mass is 10.0. The van der Waals surface area contributed by atoms with Crippen molar-refractivity contribution < 1.29 is 4.79 Å². The number of hydrogen-bond acceptors (Lipinski definition) is 6. The lowest BCUT2D eigenvalue weighted by Crippen LogP contribution is -2.48. The number of aliphatic imine (C=N–C) groups is 1. The maximum absolute atomic E-state index is 12.2. The largest absolute Gasteiger partial charge is 0.345 e. The molecule has 5 rings (SSSR count). The van der Waals surface area contributed by atoms with E-state index in [4.69, 9.17) is 16.6 Å². The molecule has 0 saturated carbocycles. The van der Waals surface area contributed by atoms with Gasteiger partial charge in [0.05, 0.1) is 23.6 Å². The fourth-order valence-corrected chi connectivity index (χ4v) is 3.89. The Morgan fingerprint density at radius 3 is 2.80 bits per heavy atom. The normalized spacial score (nSPS) is 15.8. The zero-order valence-corrected chi connectivity index (χ0v) is 17.4. The van der Waals surface area contributed by atoms with Gasteiger partial charge in [-0.3, -0.25) is 9.89 Å². The Morgan fingerprint density at radius 1 is 1.17 bits per heavy atom. The zero-order chi connectivity index (χ0) is 20.8. The number of rotatable bonds is 2. The number of likely N-dealkylation sites (N-methyl/N-ethyl adjacent to an activating group) is 1. The minimum atomic E-state index is 0.0782. The van der Waals surface area contributed by atoms with Crippen molar-refractivity contribution in [1.29, 1.82) is 0 Å². The third-order valence-electron chi connectivity index (χ3n) is 5.45. The van der Waals surface area contributed by atoms with Gasteiger partial charge in [0, 0.05) is 48.5 Å². The van der Waals surface area contributed by atoms with Gasteiger partial charge in [-0.25, -0.2) is 9.98 Å². The monoisotopic (exact) mass is 421 g/mol. The van der Waals surface area contributed by atoms with Crippen LogP contribution in [0.15, 0.2) is 41.5 Å². The maximum Gasteiger partial charge on any atom is 0.241 e. The molecule has 8 nitrogen and oxygen atoms in total. The molecular formula is C21H20ClN7O. The maximum atomic E-state index is 12.2. The van der Waals surface area contributed by atoms with Crippen molar-refractivity contribution in [2.75, 3.05) is 36.9 Å². The summed E-state index contributed by atoms with van der Waals surface area (Å²) in [6.07, 6.45) is 1.79. The summed E-state index contributed by atoms with van der Waals surface area (Å²) < 4.78 is 0. The Balaban J connectivity index is 1.64. The molecule has 1 amide bonds. The van der Waals surface area contributed by atoms with Crippen LogP contribution in [0.25, 0.3) is 0 Å². The van der Waals surface area contributed by atoms with Crippen LogP contribution in [0.4, 0.5) is 23.0 Å². The van der Waals surface area contributed by atoms with E-state index in [1.54, 1.807) is 11.1 Å². The molecular weight excluding hydrogens is 402 g/mol. The van der Waals surface area contributed by atoms with Gasteiger partial charge in [-0.2, -0.15) is 5.10 Å². The number of carbonyl (C=O) groups is 1. The van der Waals surface area contributed by atoms with Crippen LogP contribution in [0.2, 0.25) is 5.02 Å². The smallest absolute Gasteiger partial charge is 0.241 e. The number of halogens is 1. The number of H-pyrrole nitrogens is 1. The summed E-state index contributed by atoms with van der Waals surface area (Å²) in [5.41, 5.74) is 4.77. The molecule has 0 unspecified atom stereocenters. The van der Waals surface area contributed by atoms with E-state index < -0.39 is 0 Å². The Hall–Kier alpha value is -3.39. The Labute approximate surface area is 178 Å². The third-order valence-corrected chi connectivity index (χ3v) is 5.78. The number of aryl methyl sites for hydroxylation is 1. The summed E-state index contributed by atoms with van der Waals surface area (Å²) in [5, 5.41) is 11.3. The Morgan fingerprint density at radius 2 is 2.00 bits per heavy atom. The van der Waals surface area contributed by atoms with Crippen molar-refractivity contribution in [3.05, 3.63) is 58.4 Å². The number of anilines is 3. The number of amides is 1. The zero-order valence-electron chi connectivity index (χ0n) is 16.6. The Bertz CT molecular complexity index is 1190. The molecule has 30 heavy (non-hydrogen) atoms. The average molecular weight is 422 g/mol. The number of piperazine rings is 1. The molecule has 0 aliphatic carbocycles. The quantitative estimate of drug-likeness (QED) is 0.518. The highest BCUT2D eigenvalue weighted by Gasteiger charge is 2.26. The molecule has 152 valence electrons. The van der Waals surface area contributed by atoms with Crippen molar-refractivity contribution >= 4 is 46.2 Å². The van der Waals surface area contributed by atoms with Gasteiger partial charge in [-0.1, -0.05) is 29.8 Å². The van der Waals surface area contributed by atoms with Crippen molar-refractivity contribution in [3.63, 3.8) is 0 Å². The van der Waals surface area contributed by atoms with Crippen molar-refractivity contribution in [3.8, 4) is 0 Å². The minimum absolute atomic E-state index is 0.0782. The molecule has 0 bridgehead atoms.